The molecule has 1 atom stereocenters. The molecule has 0 N–H and O–H groups in total. The summed E-state index contributed by atoms with van der Waals surface area (Å²) in [6.07, 6.45) is 0. The van der Waals surface area contributed by atoms with Gasteiger partial charge >= 0.3 is 0 Å². The van der Waals surface area contributed by atoms with E-state index >= 15 is 0 Å². The van der Waals surface area contributed by atoms with Crippen molar-refractivity contribution in [2.45, 2.75) is 11.8 Å². The number of hydrogen-bond acceptors (Lipinski definition) is 0. The highest BCUT2D eigenvalue weighted by Crippen LogP contribution is 2.28. The third-order valence-corrected chi connectivity index (χ3v) is 2.55. The van der Waals surface area contributed by atoms with Gasteiger partial charge in [0.1, 0.15) is 0 Å². The second-order valence-corrected chi connectivity index (χ2v) is 4.37. The molecule has 0 fully saturated rings. The van der Waals surface area contributed by atoms with E-state index in [9.17, 15) is 0 Å². The smallest absolute Gasteiger partial charge is 0.0378 e. The lowest BCUT2D eigenvalue weighted by Crippen LogP contribution is -1.83. The van der Waals surface area contributed by atoms with E-state index < -0.39 is 0 Å². The summed E-state index contributed by atoms with van der Waals surface area (Å²) in [6, 6.07) is 8.21. The Kier molecular flexibility index (Phi) is 2.93. The van der Waals surface area contributed by atoms with Crippen molar-refractivity contribution in [3.63, 3.8) is 0 Å². The molecule has 1 rings (SSSR count). The van der Waals surface area contributed by atoms with Gasteiger partial charge in [0.25, 0.3) is 0 Å². The standard InChI is InChI=1S/C8H8Br2/c1-6(9)7-4-2-3-5-8(7)10/h2-6H,1H3/t6-/m1/s1. The van der Waals surface area contributed by atoms with Gasteiger partial charge in [0, 0.05) is 9.30 Å². The third kappa shape index (κ3) is 1.83. The zero-order valence-electron chi connectivity index (χ0n) is 5.64. The maximum absolute atomic E-state index is 3.50. The van der Waals surface area contributed by atoms with Crippen LogP contribution >= 0.6 is 31.9 Å². The summed E-state index contributed by atoms with van der Waals surface area (Å²) in [4.78, 5) is 0.420. The molecule has 0 heterocycles. The van der Waals surface area contributed by atoms with Crippen LogP contribution in [0.5, 0.6) is 0 Å². The van der Waals surface area contributed by atoms with Gasteiger partial charge in [-0.15, -0.1) is 0 Å². The molecule has 0 aromatic heterocycles. The molecule has 0 radical (unpaired) electrons. The molecule has 0 aliphatic carbocycles. The van der Waals surface area contributed by atoms with Crippen LogP contribution < -0.4 is 0 Å². The molecule has 0 saturated carbocycles. The van der Waals surface area contributed by atoms with Gasteiger partial charge in [0.05, 0.1) is 0 Å². The van der Waals surface area contributed by atoms with Crippen LogP contribution in [0, 0.1) is 0 Å². The fraction of sp³-hybridized carbons (Fsp3) is 0.250. The number of halogens is 2. The third-order valence-electron chi connectivity index (χ3n) is 1.33. The van der Waals surface area contributed by atoms with Gasteiger partial charge in [-0.2, -0.15) is 0 Å². The molecule has 0 amide bonds. The molecular weight excluding hydrogens is 256 g/mol. The normalized spacial score (nSPS) is 13.1. The Morgan fingerprint density at radius 3 is 2.30 bits per heavy atom. The minimum atomic E-state index is 0.420. The first-order valence-electron chi connectivity index (χ1n) is 3.10. The van der Waals surface area contributed by atoms with Crippen LogP contribution in [0.3, 0.4) is 0 Å². The van der Waals surface area contributed by atoms with Gasteiger partial charge in [0.2, 0.25) is 0 Å². The van der Waals surface area contributed by atoms with Crippen molar-refractivity contribution in [1.82, 2.24) is 0 Å². The molecule has 1 aromatic carbocycles. The zero-order valence-corrected chi connectivity index (χ0v) is 8.81. The summed E-state index contributed by atoms with van der Waals surface area (Å²) in [7, 11) is 0. The lowest BCUT2D eigenvalue weighted by atomic mass is 10.2. The summed E-state index contributed by atoms with van der Waals surface area (Å²) >= 11 is 6.97. The largest absolute Gasteiger partial charge is 0.0841 e. The fourth-order valence-electron chi connectivity index (χ4n) is 0.798. The van der Waals surface area contributed by atoms with Gasteiger partial charge in [-0.05, 0) is 18.6 Å². The van der Waals surface area contributed by atoms with Crippen molar-refractivity contribution in [2.75, 3.05) is 0 Å². The number of rotatable bonds is 1. The van der Waals surface area contributed by atoms with E-state index in [4.69, 9.17) is 0 Å². The summed E-state index contributed by atoms with van der Waals surface area (Å²) in [5.41, 5.74) is 1.29. The van der Waals surface area contributed by atoms with Crippen LogP contribution in [0.2, 0.25) is 0 Å². The topological polar surface area (TPSA) is 0 Å². The summed E-state index contributed by atoms with van der Waals surface area (Å²) in [5, 5.41) is 0. The Morgan fingerprint density at radius 2 is 1.90 bits per heavy atom. The molecule has 0 aliphatic heterocycles. The molecule has 2 heteroatoms. The fourth-order valence-corrected chi connectivity index (χ4v) is 2.13. The van der Waals surface area contributed by atoms with E-state index in [0.717, 1.165) is 0 Å². The second kappa shape index (κ2) is 3.54. The van der Waals surface area contributed by atoms with Crippen LogP contribution in [0.15, 0.2) is 28.7 Å². The van der Waals surface area contributed by atoms with Crippen molar-refractivity contribution in [3.05, 3.63) is 34.3 Å². The van der Waals surface area contributed by atoms with Crippen LogP contribution in [0.4, 0.5) is 0 Å². The van der Waals surface area contributed by atoms with E-state index in [2.05, 4.69) is 44.8 Å². The van der Waals surface area contributed by atoms with Crippen molar-refractivity contribution >= 4 is 31.9 Å². The maximum atomic E-state index is 3.50. The van der Waals surface area contributed by atoms with Crippen molar-refractivity contribution in [2.24, 2.45) is 0 Å². The van der Waals surface area contributed by atoms with Crippen molar-refractivity contribution in [3.8, 4) is 0 Å². The van der Waals surface area contributed by atoms with E-state index in [1.807, 2.05) is 18.2 Å². The Labute approximate surface area is 77.9 Å². The van der Waals surface area contributed by atoms with Gasteiger partial charge in [-0.25, -0.2) is 0 Å². The predicted molar refractivity (Wildman–Crippen MR) is 51.5 cm³/mol. The Bertz CT molecular complexity index is 218. The molecule has 0 aliphatic rings. The Hall–Kier alpha value is 0.180. The van der Waals surface area contributed by atoms with Gasteiger partial charge in [0.15, 0.2) is 0 Å². The minimum absolute atomic E-state index is 0.420. The van der Waals surface area contributed by atoms with Crippen LogP contribution in [-0.2, 0) is 0 Å². The highest BCUT2D eigenvalue weighted by Gasteiger charge is 2.02. The summed E-state index contributed by atoms with van der Waals surface area (Å²) < 4.78 is 1.17. The second-order valence-electron chi connectivity index (χ2n) is 2.14. The lowest BCUT2D eigenvalue weighted by Gasteiger charge is -2.04. The number of alkyl halides is 1. The molecule has 0 nitrogen and oxygen atoms in total. The first kappa shape index (κ1) is 8.28. The SMILES string of the molecule is C[C@@H](Br)c1ccccc1Br. The predicted octanol–water partition coefficient (Wildman–Crippen LogP) is 3.91. The molecule has 10 heavy (non-hydrogen) atoms. The quantitative estimate of drug-likeness (QED) is 0.674. The average Bonchev–Trinajstić information content (AvgIpc) is 1.88. The highest BCUT2D eigenvalue weighted by atomic mass is 79.9. The van der Waals surface area contributed by atoms with Crippen LogP contribution in [0.25, 0.3) is 0 Å². The van der Waals surface area contributed by atoms with Crippen molar-refractivity contribution < 1.29 is 0 Å². The zero-order chi connectivity index (χ0) is 7.56. The van der Waals surface area contributed by atoms with Gasteiger partial charge in [-0.1, -0.05) is 50.1 Å². The van der Waals surface area contributed by atoms with Crippen LogP contribution in [-0.4, -0.2) is 0 Å². The molecule has 0 bridgehead atoms. The average molecular weight is 264 g/mol. The number of hydrogen-bond donors (Lipinski definition) is 0. The van der Waals surface area contributed by atoms with Crippen LogP contribution in [0.1, 0.15) is 17.3 Å². The van der Waals surface area contributed by atoms with Crippen molar-refractivity contribution in [1.29, 1.82) is 0 Å². The van der Waals surface area contributed by atoms with Gasteiger partial charge in [-0.3, -0.25) is 0 Å². The first-order chi connectivity index (χ1) is 4.72. The summed E-state index contributed by atoms with van der Waals surface area (Å²) in [5.74, 6) is 0. The Morgan fingerprint density at radius 1 is 1.30 bits per heavy atom. The molecule has 0 spiro atoms. The number of benzene rings is 1. The Balaban J connectivity index is 3.03. The van der Waals surface area contributed by atoms with E-state index in [-0.39, 0.29) is 0 Å². The maximum Gasteiger partial charge on any atom is 0.0378 e. The molecule has 0 unspecified atom stereocenters. The molecule has 54 valence electrons. The summed E-state index contributed by atoms with van der Waals surface area (Å²) in [6.45, 7) is 2.11. The molecule has 0 saturated heterocycles. The molecular formula is C8H8Br2. The molecule has 1 aromatic rings. The van der Waals surface area contributed by atoms with E-state index in [1.165, 1.54) is 10.0 Å². The lowest BCUT2D eigenvalue weighted by molar-refractivity contribution is 1.11. The monoisotopic (exact) mass is 262 g/mol. The first-order valence-corrected chi connectivity index (χ1v) is 4.81. The highest BCUT2D eigenvalue weighted by molar-refractivity contribution is 9.11. The van der Waals surface area contributed by atoms with E-state index in [1.54, 1.807) is 0 Å². The minimum Gasteiger partial charge on any atom is -0.0841 e. The van der Waals surface area contributed by atoms with E-state index in [0.29, 0.717) is 4.83 Å². The van der Waals surface area contributed by atoms with Gasteiger partial charge < -0.3 is 0 Å².